The van der Waals surface area contributed by atoms with Gasteiger partial charge in [-0.3, -0.25) is 4.21 Å². The molecule has 0 radical (unpaired) electrons. The Morgan fingerprint density at radius 3 is 2.43 bits per heavy atom. The van der Waals surface area contributed by atoms with Crippen LogP contribution in [-0.2, 0) is 10.8 Å². The molecule has 0 bridgehead atoms. The van der Waals surface area contributed by atoms with E-state index < -0.39 is 10.8 Å². The fourth-order valence-electron chi connectivity index (χ4n) is 1.55. The van der Waals surface area contributed by atoms with E-state index in [0.29, 0.717) is 16.7 Å². The molecule has 1 fully saturated rings. The van der Waals surface area contributed by atoms with Crippen molar-refractivity contribution in [1.82, 2.24) is 5.32 Å². The summed E-state index contributed by atoms with van der Waals surface area (Å²) in [4.78, 5) is 0. The van der Waals surface area contributed by atoms with E-state index in [1.165, 1.54) is 12.8 Å². The zero-order chi connectivity index (χ0) is 10.8. The zero-order valence-electron chi connectivity index (χ0n) is 9.80. The van der Waals surface area contributed by atoms with Crippen molar-refractivity contribution in [3.63, 3.8) is 0 Å². The first kappa shape index (κ1) is 12.2. The van der Waals surface area contributed by atoms with Gasteiger partial charge in [0.2, 0.25) is 0 Å². The smallest absolute Gasteiger partial charge is 0.0329 e. The molecular weight excluding hydrogens is 194 g/mol. The molecule has 1 saturated carbocycles. The summed E-state index contributed by atoms with van der Waals surface area (Å²) in [7, 11) is -0.671. The van der Waals surface area contributed by atoms with E-state index >= 15 is 0 Å². The van der Waals surface area contributed by atoms with E-state index in [9.17, 15) is 4.21 Å². The third-order valence-electron chi connectivity index (χ3n) is 3.65. The minimum absolute atomic E-state index is 0.321. The van der Waals surface area contributed by atoms with Gasteiger partial charge in [-0.2, -0.15) is 0 Å². The summed E-state index contributed by atoms with van der Waals surface area (Å²) in [5, 5.41) is 3.86. The van der Waals surface area contributed by atoms with E-state index in [2.05, 4.69) is 26.1 Å². The maximum Gasteiger partial charge on any atom is 0.0329 e. The minimum Gasteiger partial charge on any atom is -0.314 e. The second kappa shape index (κ2) is 4.75. The largest absolute Gasteiger partial charge is 0.314 e. The summed E-state index contributed by atoms with van der Waals surface area (Å²) in [6.45, 7) is 7.66. The van der Waals surface area contributed by atoms with Crippen molar-refractivity contribution in [3.05, 3.63) is 0 Å². The van der Waals surface area contributed by atoms with E-state index in [4.69, 9.17) is 0 Å². The molecule has 0 amide bonds. The fraction of sp³-hybridized carbons (Fsp3) is 1.00. The Morgan fingerprint density at radius 2 is 2.00 bits per heavy atom. The molecule has 2 nitrogen and oxygen atoms in total. The summed E-state index contributed by atoms with van der Waals surface area (Å²) >= 11 is 0. The van der Waals surface area contributed by atoms with Crippen LogP contribution in [0.25, 0.3) is 0 Å². The van der Waals surface area contributed by atoms with Gasteiger partial charge >= 0.3 is 0 Å². The molecule has 84 valence electrons. The minimum atomic E-state index is -0.671. The first-order chi connectivity index (χ1) is 6.46. The number of nitrogens with one attached hydrogen (secondary N) is 1. The highest BCUT2D eigenvalue weighted by Gasteiger charge is 2.41. The lowest BCUT2D eigenvalue weighted by Gasteiger charge is -2.21. The van der Waals surface area contributed by atoms with Crippen molar-refractivity contribution in [2.24, 2.45) is 5.41 Å². The Bertz CT molecular complexity index is 213. The van der Waals surface area contributed by atoms with Crippen LogP contribution in [0.4, 0.5) is 0 Å². The van der Waals surface area contributed by atoms with E-state index in [1.54, 1.807) is 6.26 Å². The molecule has 3 atom stereocenters. The Labute approximate surface area is 90.3 Å². The molecule has 0 saturated heterocycles. The normalized spacial score (nSPS) is 25.4. The van der Waals surface area contributed by atoms with Crippen LogP contribution in [-0.4, -0.2) is 28.3 Å². The number of rotatable bonds is 6. The predicted octanol–water partition coefficient (Wildman–Crippen LogP) is 1.92. The summed E-state index contributed by atoms with van der Waals surface area (Å²) in [6.07, 6.45) is 5.52. The van der Waals surface area contributed by atoms with E-state index in [-0.39, 0.29) is 0 Å². The predicted molar refractivity (Wildman–Crippen MR) is 63.0 cm³/mol. The van der Waals surface area contributed by atoms with Crippen LogP contribution in [0, 0.1) is 5.41 Å². The van der Waals surface area contributed by atoms with Crippen molar-refractivity contribution in [1.29, 1.82) is 0 Å². The molecule has 3 unspecified atom stereocenters. The molecule has 0 aliphatic heterocycles. The van der Waals surface area contributed by atoms with Crippen LogP contribution in [0.5, 0.6) is 0 Å². The highest BCUT2D eigenvalue weighted by atomic mass is 32.2. The lowest BCUT2D eigenvalue weighted by Crippen LogP contribution is -2.35. The van der Waals surface area contributed by atoms with Gasteiger partial charge in [0.15, 0.2) is 0 Å². The first-order valence-electron chi connectivity index (χ1n) is 5.51. The third kappa shape index (κ3) is 3.35. The van der Waals surface area contributed by atoms with E-state index in [0.717, 1.165) is 13.0 Å². The van der Waals surface area contributed by atoms with Crippen molar-refractivity contribution in [2.45, 2.75) is 51.3 Å². The van der Waals surface area contributed by atoms with Gasteiger partial charge in [0.1, 0.15) is 0 Å². The molecular formula is C11H23NOS. The Balaban J connectivity index is 2.12. The molecule has 1 aliphatic carbocycles. The summed E-state index contributed by atoms with van der Waals surface area (Å²) < 4.78 is 11.1. The van der Waals surface area contributed by atoms with Crippen molar-refractivity contribution in [2.75, 3.05) is 12.8 Å². The molecule has 1 aliphatic rings. The van der Waals surface area contributed by atoms with Crippen LogP contribution in [0.1, 0.15) is 40.0 Å². The quantitative estimate of drug-likeness (QED) is 0.736. The summed E-state index contributed by atoms with van der Waals surface area (Å²) in [5.41, 5.74) is 0.550. The summed E-state index contributed by atoms with van der Waals surface area (Å²) in [6, 6.07) is 0.611. The van der Waals surface area contributed by atoms with Crippen LogP contribution >= 0.6 is 0 Å². The molecule has 0 heterocycles. The summed E-state index contributed by atoms with van der Waals surface area (Å²) in [5.74, 6) is 0. The SMILES string of the molecule is CC(CCNC(C)C1(C)CC1)S(C)=O. The molecule has 1 N–H and O–H groups in total. The Morgan fingerprint density at radius 1 is 1.43 bits per heavy atom. The van der Waals surface area contributed by atoms with Crippen molar-refractivity contribution in [3.8, 4) is 0 Å². The Hall–Kier alpha value is 0.110. The van der Waals surface area contributed by atoms with Crippen molar-refractivity contribution >= 4 is 10.8 Å². The molecule has 0 aromatic rings. The lowest BCUT2D eigenvalue weighted by molar-refractivity contribution is 0.379. The third-order valence-corrected chi connectivity index (χ3v) is 5.02. The number of hydrogen-bond donors (Lipinski definition) is 1. The fourth-order valence-corrected chi connectivity index (χ4v) is 2.00. The van der Waals surface area contributed by atoms with Crippen LogP contribution in [0.15, 0.2) is 0 Å². The topological polar surface area (TPSA) is 29.1 Å². The standard InChI is InChI=1S/C11H23NOS/c1-9(14(4)13)5-8-12-10(2)11(3)6-7-11/h9-10,12H,5-8H2,1-4H3. The molecule has 3 heteroatoms. The highest BCUT2D eigenvalue weighted by molar-refractivity contribution is 7.84. The van der Waals surface area contributed by atoms with Gasteiger partial charge in [-0.05, 0) is 38.1 Å². The molecule has 0 aromatic carbocycles. The van der Waals surface area contributed by atoms with Gasteiger partial charge in [0.25, 0.3) is 0 Å². The maximum absolute atomic E-state index is 11.1. The average molecular weight is 217 g/mol. The van der Waals surface area contributed by atoms with Gasteiger partial charge in [-0.25, -0.2) is 0 Å². The van der Waals surface area contributed by atoms with Crippen LogP contribution in [0.2, 0.25) is 0 Å². The maximum atomic E-state index is 11.1. The van der Waals surface area contributed by atoms with Crippen LogP contribution < -0.4 is 5.32 Å². The van der Waals surface area contributed by atoms with Crippen molar-refractivity contribution < 1.29 is 4.21 Å². The molecule has 0 spiro atoms. The van der Waals surface area contributed by atoms with Gasteiger partial charge in [-0.1, -0.05) is 13.8 Å². The highest BCUT2D eigenvalue weighted by Crippen LogP contribution is 2.47. The van der Waals surface area contributed by atoms with E-state index in [1.807, 2.05) is 0 Å². The molecule has 1 rings (SSSR count). The first-order valence-corrected chi connectivity index (χ1v) is 7.13. The van der Waals surface area contributed by atoms with Gasteiger partial charge in [0.05, 0.1) is 0 Å². The van der Waals surface area contributed by atoms with Gasteiger partial charge in [0, 0.05) is 28.3 Å². The van der Waals surface area contributed by atoms with Gasteiger partial charge in [-0.15, -0.1) is 0 Å². The van der Waals surface area contributed by atoms with Crippen LogP contribution in [0.3, 0.4) is 0 Å². The average Bonchev–Trinajstić information content (AvgIpc) is 2.84. The molecule has 0 aromatic heterocycles. The Kier molecular flexibility index (Phi) is 4.14. The van der Waals surface area contributed by atoms with Gasteiger partial charge < -0.3 is 5.32 Å². The lowest BCUT2D eigenvalue weighted by atomic mass is 10.0. The number of hydrogen-bond acceptors (Lipinski definition) is 2. The monoisotopic (exact) mass is 217 g/mol. The second-order valence-electron chi connectivity index (χ2n) is 4.93. The second-order valence-corrected chi connectivity index (χ2v) is 6.73. The zero-order valence-corrected chi connectivity index (χ0v) is 10.6. The molecule has 14 heavy (non-hydrogen) atoms.